The zero-order chi connectivity index (χ0) is 6.69. The van der Waals surface area contributed by atoms with E-state index in [-0.39, 0.29) is 7.43 Å². The van der Waals surface area contributed by atoms with E-state index in [0.717, 1.165) is 5.57 Å². The van der Waals surface area contributed by atoms with Crippen molar-refractivity contribution in [2.45, 2.75) is 6.92 Å². The average molecular weight is 131 g/mol. The highest BCUT2D eigenvalue weighted by molar-refractivity contribution is 5.60. The van der Waals surface area contributed by atoms with Crippen LogP contribution in [0.25, 0.3) is 5.57 Å². The van der Waals surface area contributed by atoms with Crippen LogP contribution < -0.4 is 0 Å². The van der Waals surface area contributed by atoms with Crippen LogP contribution in [0.1, 0.15) is 12.5 Å². The normalized spacial score (nSPS) is 8.10. The lowest BCUT2D eigenvalue weighted by molar-refractivity contribution is 1.58. The first-order chi connectivity index (χ1) is 4.30. The first-order valence-electron chi connectivity index (χ1n) is 3.01. The average Bonchev–Trinajstić information content (AvgIpc) is 1.90. The second-order valence-corrected chi connectivity index (χ2v) is 2.15. The van der Waals surface area contributed by atoms with E-state index in [2.05, 4.69) is 18.7 Å². The minimum Gasteiger partial charge on any atom is -0.0955 e. The van der Waals surface area contributed by atoms with Crippen molar-refractivity contribution in [1.82, 2.24) is 0 Å². The third-order valence-corrected chi connectivity index (χ3v) is 1.27. The molecule has 1 rings (SSSR count). The monoisotopic (exact) mass is 131 g/mol. The van der Waals surface area contributed by atoms with Gasteiger partial charge >= 0.3 is 0 Å². The Morgan fingerprint density at radius 1 is 1.20 bits per heavy atom. The largest absolute Gasteiger partial charge is 0.0955 e. The Hall–Kier alpha value is -1.04. The fraction of sp³-hybridized carbons (Fsp3) is 0.100. The van der Waals surface area contributed by atoms with Gasteiger partial charge in [-0.05, 0) is 19.9 Å². The quantitative estimate of drug-likeness (QED) is 0.549. The van der Waals surface area contributed by atoms with Crippen molar-refractivity contribution in [2.75, 3.05) is 0 Å². The summed E-state index contributed by atoms with van der Waals surface area (Å²) in [6.07, 6.45) is 0. The fourth-order valence-electron chi connectivity index (χ4n) is 0.723. The molecular weight excluding hydrogens is 120 g/mol. The van der Waals surface area contributed by atoms with E-state index in [1.54, 1.807) is 0 Å². The van der Waals surface area contributed by atoms with Crippen LogP contribution in [0.2, 0.25) is 0 Å². The predicted molar refractivity (Wildman–Crippen MR) is 45.5 cm³/mol. The van der Waals surface area contributed by atoms with Crippen LogP contribution in [0, 0.1) is 7.43 Å². The lowest BCUT2D eigenvalue weighted by Crippen LogP contribution is -1.72. The summed E-state index contributed by atoms with van der Waals surface area (Å²) in [5.74, 6) is 0. The van der Waals surface area contributed by atoms with E-state index in [1.165, 1.54) is 5.56 Å². The van der Waals surface area contributed by atoms with E-state index in [1.807, 2.05) is 25.1 Å². The summed E-state index contributed by atoms with van der Waals surface area (Å²) in [7, 11) is 0. The van der Waals surface area contributed by atoms with Gasteiger partial charge in [0.25, 0.3) is 0 Å². The van der Waals surface area contributed by atoms with Crippen LogP contribution in [0.5, 0.6) is 0 Å². The van der Waals surface area contributed by atoms with Gasteiger partial charge < -0.3 is 0 Å². The zero-order valence-corrected chi connectivity index (χ0v) is 6.17. The molecule has 0 nitrogen and oxygen atoms in total. The van der Waals surface area contributed by atoms with Gasteiger partial charge in [0.05, 0.1) is 0 Å². The van der Waals surface area contributed by atoms with Gasteiger partial charge in [-0.1, -0.05) is 42.5 Å². The van der Waals surface area contributed by atoms with Crippen molar-refractivity contribution < 1.29 is 0 Å². The molecule has 1 aromatic rings. The first-order valence-corrected chi connectivity index (χ1v) is 3.01. The fourth-order valence-corrected chi connectivity index (χ4v) is 0.723. The Bertz CT molecular complexity index is 197. The van der Waals surface area contributed by atoms with E-state index >= 15 is 0 Å². The summed E-state index contributed by atoms with van der Waals surface area (Å²) >= 11 is 0. The third kappa shape index (κ3) is 2.06. The molecule has 0 heterocycles. The van der Waals surface area contributed by atoms with Crippen LogP contribution in [0.3, 0.4) is 0 Å². The molecule has 0 N–H and O–H groups in total. The minimum atomic E-state index is 0. The third-order valence-electron chi connectivity index (χ3n) is 1.27. The summed E-state index contributed by atoms with van der Waals surface area (Å²) in [5.41, 5.74) is 2.34. The number of hydrogen-bond acceptors (Lipinski definition) is 0. The molecule has 0 aromatic heterocycles. The molecule has 0 unspecified atom stereocenters. The van der Waals surface area contributed by atoms with E-state index in [9.17, 15) is 0 Å². The zero-order valence-electron chi connectivity index (χ0n) is 6.17. The van der Waals surface area contributed by atoms with Gasteiger partial charge in [0, 0.05) is 0 Å². The molecular formula is C10H11. The summed E-state index contributed by atoms with van der Waals surface area (Å²) in [4.78, 5) is 0. The number of hydrogen-bond donors (Lipinski definition) is 0. The molecule has 0 bridgehead atoms. The van der Waals surface area contributed by atoms with Crippen LogP contribution in [-0.4, -0.2) is 0 Å². The van der Waals surface area contributed by atoms with Crippen molar-refractivity contribution in [2.24, 2.45) is 0 Å². The maximum Gasteiger partial charge on any atom is -0.0233 e. The number of rotatable bonds is 1. The topological polar surface area (TPSA) is 0 Å². The Labute approximate surface area is 63.2 Å². The molecule has 0 fully saturated rings. The maximum absolute atomic E-state index is 3.83. The molecule has 0 aliphatic carbocycles. The molecule has 0 amide bonds. The lowest BCUT2D eigenvalue weighted by atomic mass is 10.1. The molecule has 0 aliphatic rings. The number of benzene rings is 1. The molecule has 0 saturated carbocycles. The predicted octanol–water partition coefficient (Wildman–Crippen LogP) is 2.92. The van der Waals surface area contributed by atoms with Crippen LogP contribution in [0.15, 0.2) is 36.9 Å². The molecule has 1 aromatic carbocycles. The number of allylic oxidation sites excluding steroid dienone is 1. The first kappa shape index (κ1) is 8.96. The smallest absolute Gasteiger partial charge is 0.0233 e. The molecule has 0 saturated heterocycles. The van der Waals surface area contributed by atoms with Crippen LogP contribution in [-0.2, 0) is 0 Å². The second-order valence-electron chi connectivity index (χ2n) is 2.15. The molecule has 0 heteroatoms. The Morgan fingerprint density at radius 2 is 1.70 bits per heavy atom. The Balaban J connectivity index is 0.000000810. The minimum absolute atomic E-state index is 0. The van der Waals surface area contributed by atoms with E-state index in [0.29, 0.717) is 0 Å². The van der Waals surface area contributed by atoms with Gasteiger partial charge in [0.1, 0.15) is 0 Å². The summed E-state index contributed by atoms with van der Waals surface area (Å²) in [6.45, 7) is 5.83. The van der Waals surface area contributed by atoms with E-state index < -0.39 is 0 Å². The Kier molecular flexibility index (Phi) is 3.48. The molecule has 10 heavy (non-hydrogen) atoms. The van der Waals surface area contributed by atoms with Gasteiger partial charge in [0.15, 0.2) is 0 Å². The van der Waals surface area contributed by atoms with Crippen molar-refractivity contribution in [3.8, 4) is 0 Å². The Morgan fingerprint density at radius 3 is 2.00 bits per heavy atom. The molecule has 0 aliphatic heterocycles. The SMILES string of the molecule is C=C(C)c1ccccc1.[CH]. The lowest BCUT2D eigenvalue weighted by Gasteiger charge is -1.94. The van der Waals surface area contributed by atoms with Crippen molar-refractivity contribution in [3.05, 3.63) is 49.9 Å². The van der Waals surface area contributed by atoms with Crippen LogP contribution in [0.4, 0.5) is 0 Å². The summed E-state index contributed by atoms with van der Waals surface area (Å²) in [5, 5.41) is 0. The van der Waals surface area contributed by atoms with Crippen molar-refractivity contribution >= 4 is 5.57 Å². The summed E-state index contributed by atoms with van der Waals surface area (Å²) in [6, 6.07) is 10.2. The molecule has 0 atom stereocenters. The van der Waals surface area contributed by atoms with Gasteiger partial charge in [-0.3, -0.25) is 0 Å². The standard InChI is InChI=1S/C9H10.CH/c1-8(2)9-6-4-3-5-7-9;/h3-7H,1H2,2H3;1H. The highest BCUT2D eigenvalue weighted by Crippen LogP contribution is 2.08. The van der Waals surface area contributed by atoms with Crippen LogP contribution >= 0.6 is 0 Å². The van der Waals surface area contributed by atoms with Gasteiger partial charge in [-0.15, -0.1) is 0 Å². The van der Waals surface area contributed by atoms with Gasteiger partial charge in [-0.2, -0.15) is 0 Å². The molecule has 3 radical (unpaired) electrons. The summed E-state index contributed by atoms with van der Waals surface area (Å²) < 4.78 is 0. The van der Waals surface area contributed by atoms with E-state index in [4.69, 9.17) is 0 Å². The van der Waals surface area contributed by atoms with Crippen molar-refractivity contribution in [3.63, 3.8) is 0 Å². The maximum atomic E-state index is 3.83. The molecule has 51 valence electrons. The highest BCUT2D eigenvalue weighted by Gasteiger charge is 1.86. The van der Waals surface area contributed by atoms with Gasteiger partial charge in [-0.25, -0.2) is 0 Å². The second kappa shape index (κ2) is 3.89. The molecule has 0 spiro atoms. The van der Waals surface area contributed by atoms with Crippen molar-refractivity contribution in [1.29, 1.82) is 0 Å². The highest BCUT2D eigenvalue weighted by atomic mass is 13.9. The van der Waals surface area contributed by atoms with Gasteiger partial charge in [0.2, 0.25) is 0 Å².